The predicted octanol–water partition coefficient (Wildman–Crippen LogP) is 2.49. The summed E-state index contributed by atoms with van der Waals surface area (Å²) in [5.41, 5.74) is 2.47. The van der Waals surface area contributed by atoms with Crippen molar-refractivity contribution in [2.24, 2.45) is 0 Å². The summed E-state index contributed by atoms with van der Waals surface area (Å²) in [4.78, 5) is 14.3. The number of rotatable bonds is 5. The zero-order valence-corrected chi connectivity index (χ0v) is 12.0. The van der Waals surface area contributed by atoms with Gasteiger partial charge in [-0.2, -0.15) is 0 Å². The molecule has 1 aromatic carbocycles. The maximum Gasteiger partial charge on any atom is 0.224 e. The second-order valence-electron chi connectivity index (χ2n) is 5.39. The monoisotopic (exact) mass is 260 g/mol. The molecule has 1 fully saturated rings. The van der Waals surface area contributed by atoms with E-state index < -0.39 is 0 Å². The maximum atomic E-state index is 12.3. The number of carbonyl (C=O) groups is 1. The first-order valence-corrected chi connectivity index (χ1v) is 7.25. The molecule has 1 saturated heterocycles. The van der Waals surface area contributed by atoms with Crippen LogP contribution < -0.4 is 5.32 Å². The van der Waals surface area contributed by atoms with Crippen molar-refractivity contribution in [2.75, 3.05) is 13.1 Å². The van der Waals surface area contributed by atoms with Crippen molar-refractivity contribution < 1.29 is 4.79 Å². The Labute approximate surface area is 116 Å². The largest absolute Gasteiger partial charge is 0.339 e. The Balaban J connectivity index is 1.93. The fourth-order valence-corrected chi connectivity index (χ4v) is 2.68. The average molecular weight is 260 g/mol. The van der Waals surface area contributed by atoms with Crippen LogP contribution in [0.1, 0.15) is 37.3 Å². The van der Waals surface area contributed by atoms with E-state index in [0.717, 1.165) is 26.1 Å². The molecule has 19 heavy (non-hydrogen) atoms. The van der Waals surface area contributed by atoms with Gasteiger partial charge < -0.3 is 10.2 Å². The summed E-state index contributed by atoms with van der Waals surface area (Å²) in [6.45, 7) is 6.70. The zero-order chi connectivity index (χ0) is 13.7. The first-order valence-electron chi connectivity index (χ1n) is 7.25. The number of aryl methyl sites for hydroxylation is 1. The Kier molecular flexibility index (Phi) is 4.97. The van der Waals surface area contributed by atoms with Crippen LogP contribution in [0.3, 0.4) is 0 Å². The Morgan fingerprint density at radius 3 is 2.95 bits per heavy atom. The third-order valence-corrected chi connectivity index (χ3v) is 3.77. The van der Waals surface area contributed by atoms with E-state index >= 15 is 0 Å². The van der Waals surface area contributed by atoms with Crippen LogP contribution in [-0.4, -0.2) is 29.9 Å². The molecule has 1 aromatic rings. The molecule has 1 aliphatic heterocycles. The SMILES string of the molecule is CCN(Cc1cccc(C)c1)C(=O)CC1CCCN1. The van der Waals surface area contributed by atoms with E-state index in [0.29, 0.717) is 12.5 Å². The lowest BCUT2D eigenvalue weighted by atomic mass is 10.1. The van der Waals surface area contributed by atoms with Gasteiger partial charge in [-0.1, -0.05) is 29.8 Å². The van der Waals surface area contributed by atoms with E-state index in [-0.39, 0.29) is 5.91 Å². The minimum Gasteiger partial charge on any atom is -0.339 e. The molecule has 0 saturated carbocycles. The topological polar surface area (TPSA) is 32.3 Å². The van der Waals surface area contributed by atoms with Crippen LogP contribution in [0.4, 0.5) is 0 Å². The molecule has 0 spiro atoms. The van der Waals surface area contributed by atoms with E-state index in [2.05, 4.69) is 43.4 Å². The summed E-state index contributed by atoms with van der Waals surface area (Å²) in [5, 5.41) is 3.39. The fourth-order valence-electron chi connectivity index (χ4n) is 2.68. The van der Waals surface area contributed by atoms with Crippen LogP contribution in [-0.2, 0) is 11.3 Å². The molecule has 0 aromatic heterocycles. The predicted molar refractivity (Wildman–Crippen MR) is 77.9 cm³/mol. The third-order valence-electron chi connectivity index (χ3n) is 3.77. The molecular weight excluding hydrogens is 236 g/mol. The van der Waals surface area contributed by atoms with Crippen molar-refractivity contribution in [3.8, 4) is 0 Å². The smallest absolute Gasteiger partial charge is 0.224 e. The van der Waals surface area contributed by atoms with Crippen LogP contribution >= 0.6 is 0 Å². The van der Waals surface area contributed by atoms with Crippen LogP contribution in [0.15, 0.2) is 24.3 Å². The standard InChI is InChI=1S/C16H24N2O/c1-3-18(12-14-7-4-6-13(2)10-14)16(19)11-15-8-5-9-17-15/h4,6-7,10,15,17H,3,5,8-9,11-12H2,1-2H3. The average Bonchev–Trinajstić information content (AvgIpc) is 2.88. The number of hydrogen-bond acceptors (Lipinski definition) is 2. The number of amides is 1. The maximum absolute atomic E-state index is 12.3. The van der Waals surface area contributed by atoms with Gasteiger partial charge in [0.05, 0.1) is 0 Å². The molecule has 1 heterocycles. The second kappa shape index (κ2) is 6.71. The van der Waals surface area contributed by atoms with E-state index in [1.165, 1.54) is 17.5 Å². The van der Waals surface area contributed by atoms with Gasteiger partial charge in [-0.05, 0) is 38.8 Å². The van der Waals surface area contributed by atoms with E-state index in [1.54, 1.807) is 0 Å². The number of benzene rings is 1. The van der Waals surface area contributed by atoms with Gasteiger partial charge in [0.2, 0.25) is 5.91 Å². The van der Waals surface area contributed by atoms with E-state index in [1.807, 2.05) is 4.90 Å². The lowest BCUT2D eigenvalue weighted by Crippen LogP contribution is -2.35. The molecule has 104 valence electrons. The highest BCUT2D eigenvalue weighted by molar-refractivity contribution is 5.76. The minimum absolute atomic E-state index is 0.267. The Morgan fingerprint density at radius 1 is 1.47 bits per heavy atom. The highest BCUT2D eigenvalue weighted by Gasteiger charge is 2.20. The first-order chi connectivity index (χ1) is 9.19. The van der Waals surface area contributed by atoms with Crippen LogP contribution in [0.25, 0.3) is 0 Å². The molecule has 1 N–H and O–H groups in total. The molecule has 3 nitrogen and oxygen atoms in total. The lowest BCUT2D eigenvalue weighted by molar-refractivity contribution is -0.132. The Morgan fingerprint density at radius 2 is 2.32 bits per heavy atom. The Hall–Kier alpha value is -1.35. The molecule has 1 amide bonds. The third kappa shape index (κ3) is 4.06. The van der Waals surface area contributed by atoms with Gasteiger partial charge in [-0.15, -0.1) is 0 Å². The summed E-state index contributed by atoms with van der Waals surface area (Å²) in [7, 11) is 0. The highest BCUT2D eigenvalue weighted by Crippen LogP contribution is 2.13. The van der Waals surface area contributed by atoms with E-state index in [4.69, 9.17) is 0 Å². The molecule has 0 bridgehead atoms. The summed E-state index contributed by atoms with van der Waals surface area (Å²) in [6, 6.07) is 8.78. The van der Waals surface area contributed by atoms with Crippen molar-refractivity contribution in [3.05, 3.63) is 35.4 Å². The summed E-state index contributed by atoms with van der Waals surface area (Å²) < 4.78 is 0. The lowest BCUT2D eigenvalue weighted by Gasteiger charge is -2.23. The van der Waals surface area contributed by atoms with Gasteiger partial charge in [-0.25, -0.2) is 0 Å². The van der Waals surface area contributed by atoms with Crippen LogP contribution in [0.5, 0.6) is 0 Å². The second-order valence-corrected chi connectivity index (χ2v) is 5.39. The van der Waals surface area contributed by atoms with Crippen LogP contribution in [0, 0.1) is 6.92 Å². The van der Waals surface area contributed by atoms with Crippen molar-refractivity contribution >= 4 is 5.91 Å². The highest BCUT2D eigenvalue weighted by atomic mass is 16.2. The number of carbonyl (C=O) groups excluding carboxylic acids is 1. The van der Waals surface area contributed by atoms with Gasteiger partial charge in [0.1, 0.15) is 0 Å². The molecule has 1 unspecified atom stereocenters. The molecule has 0 aliphatic carbocycles. The molecule has 0 radical (unpaired) electrons. The molecule has 1 aliphatic rings. The zero-order valence-electron chi connectivity index (χ0n) is 12.0. The number of nitrogens with zero attached hydrogens (tertiary/aromatic N) is 1. The quantitative estimate of drug-likeness (QED) is 0.882. The van der Waals surface area contributed by atoms with Crippen LogP contribution in [0.2, 0.25) is 0 Å². The number of nitrogens with one attached hydrogen (secondary N) is 1. The van der Waals surface area contributed by atoms with Crippen molar-refractivity contribution in [2.45, 2.75) is 45.7 Å². The minimum atomic E-state index is 0.267. The summed E-state index contributed by atoms with van der Waals surface area (Å²) in [5.74, 6) is 0.267. The van der Waals surface area contributed by atoms with Gasteiger partial charge in [0.15, 0.2) is 0 Å². The van der Waals surface area contributed by atoms with Crippen molar-refractivity contribution in [3.63, 3.8) is 0 Å². The fraction of sp³-hybridized carbons (Fsp3) is 0.562. The first kappa shape index (κ1) is 14.1. The van der Waals surface area contributed by atoms with Gasteiger partial charge in [0, 0.05) is 25.6 Å². The van der Waals surface area contributed by atoms with Gasteiger partial charge in [-0.3, -0.25) is 4.79 Å². The van der Waals surface area contributed by atoms with E-state index in [9.17, 15) is 4.79 Å². The van der Waals surface area contributed by atoms with Crippen molar-refractivity contribution in [1.82, 2.24) is 10.2 Å². The Bertz CT molecular complexity index is 425. The summed E-state index contributed by atoms with van der Waals surface area (Å²) >= 11 is 0. The summed E-state index contributed by atoms with van der Waals surface area (Å²) in [6.07, 6.45) is 2.97. The van der Waals surface area contributed by atoms with Gasteiger partial charge >= 0.3 is 0 Å². The van der Waals surface area contributed by atoms with Gasteiger partial charge in [0.25, 0.3) is 0 Å². The van der Waals surface area contributed by atoms with Crippen molar-refractivity contribution in [1.29, 1.82) is 0 Å². The molecule has 3 heteroatoms. The normalized spacial score (nSPS) is 18.5. The molecular formula is C16H24N2O. The number of hydrogen-bond donors (Lipinski definition) is 1. The molecule has 2 rings (SSSR count). The molecule has 1 atom stereocenters.